The van der Waals surface area contributed by atoms with Gasteiger partial charge in [0, 0.05) is 25.7 Å². The quantitative estimate of drug-likeness (QED) is 0.0222. The molecule has 0 aliphatic carbocycles. The van der Waals surface area contributed by atoms with Crippen LogP contribution in [-0.4, -0.2) is 96.7 Å². The Morgan fingerprint density at radius 3 is 0.740 bits per heavy atom. The molecule has 96 heavy (non-hydrogen) atoms. The van der Waals surface area contributed by atoms with Gasteiger partial charge in [0.1, 0.15) is 19.3 Å². The highest BCUT2D eigenvalue weighted by molar-refractivity contribution is 7.47. The molecule has 0 fully saturated rings. The van der Waals surface area contributed by atoms with Gasteiger partial charge in [-0.3, -0.25) is 37.3 Å². The lowest BCUT2D eigenvalue weighted by molar-refractivity contribution is -0.161. The van der Waals surface area contributed by atoms with Crippen LogP contribution in [0, 0.1) is 5.92 Å². The van der Waals surface area contributed by atoms with E-state index >= 15 is 0 Å². The normalized spacial score (nSPS) is 14.2. The van der Waals surface area contributed by atoms with Crippen molar-refractivity contribution < 1.29 is 80.2 Å². The predicted molar refractivity (Wildman–Crippen MR) is 391 cm³/mol. The van der Waals surface area contributed by atoms with Crippen molar-refractivity contribution in [2.24, 2.45) is 5.92 Å². The molecule has 3 N–H and O–H groups in total. The van der Waals surface area contributed by atoms with Gasteiger partial charge in [-0.15, -0.1) is 0 Å². The summed E-state index contributed by atoms with van der Waals surface area (Å²) in [6.07, 6.45) is 59.6. The molecule has 0 saturated heterocycles. The van der Waals surface area contributed by atoms with Crippen molar-refractivity contribution in [1.29, 1.82) is 0 Å². The summed E-state index contributed by atoms with van der Waals surface area (Å²) in [6, 6.07) is 0. The minimum atomic E-state index is -4.96. The van der Waals surface area contributed by atoms with E-state index in [1.807, 2.05) is 0 Å². The Morgan fingerprint density at radius 1 is 0.292 bits per heavy atom. The summed E-state index contributed by atoms with van der Waals surface area (Å²) < 4.78 is 68.6. The second-order valence-electron chi connectivity index (χ2n) is 28.0. The van der Waals surface area contributed by atoms with Gasteiger partial charge in [0.25, 0.3) is 0 Å². The van der Waals surface area contributed by atoms with Gasteiger partial charge in [-0.2, -0.15) is 0 Å². The SMILES string of the molecule is CCCCCCCCCCCCCCCCCCCCC(=O)O[C@H](COC(=O)CCCCCCCCCCCCCCCCCC)COP(=O)(O)OC[C@@H](O)COP(=O)(O)OC[C@@H](COC(=O)CCCCCCCCC(C)CC)OC(=O)CCCCCCCCCCCCCC. The maximum atomic E-state index is 13.1. The first kappa shape index (κ1) is 94.1. The lowest BCUT2D eigenvalue weighted by Gasteiger charge is -2.21. The second kappa shape index (κ2) is 70.1. The number of carbonyl (C=O) groups is 4. The van der Waals surface area contributed by atoms with Crippen LogP contribution in [0.15, 0.2) is 0 Å². The number of carbonyl (C=O) groups excluding carboxylic acids is 4. The molecule has 570 valence electrons. The minimum absolute atomic E-state index is 0.107. The summed E-state index contributed by atoms with van der Waals surface area (Å²) >= 11 is 0. The molecule has 0 radical (unpaired) electrons. The average Bonchev–Trinajstić information content (AvgIpc) is 2.32. The zero-order valence-electron chi connectivity index (χ0n) is 62.5. The van der Waals surface area contributed by atoms with Crippen molar-refractivity contribution in [3.63, 3.8) is 0 Å². The van der Waals surface area contributed by atoms with Crippen LogP contribution in [0.3, 0.4) is 0 Å². The highest BCUT2D eigenvalue weighted by atomic mass is 31.2. The van der Waals surface area contributed by atoms with E-state index in [2.05, 4.69) is 34.6 Å². The molecule has 0 spiro atoms. The zero-order chi connectivity index (χ0) is 70.5. The highest BCUT2D eigenvalue weighted by Gasteiger charge is 2.30. The molecule has 0 aliphatic heterocycles. The number of ether oxygens (including phenoxy) is 4. The van der Waals surface area contributed by atoms with Crippen LogP contribution in [0.2, 0.25) is 0 Å². The summed E-state index contributed by atoms with van der Waals surface area (Å²) in [7, 11) is -9.91. The number of phosphoric acid groups is 2. The van der Waals surface area contributed by atoms with E-state index in [0.717, 1.165) is 102 Å². The first-order valence-corrected chi connectivity index (χ1v) is 43.2. The van der Waals surface area contributed by atoms with Gasteiger partial charge in [-0.25, -0.2) is 9.13 Å². The molecule has 6 atom stereocenters. The van der Waals surface area contributed by atoms with Crippen LogP contribution in [0.25, 0.3) is 0 Å². The smallest absolute Gasteiger partial charge is 0.462 e. The molecule has 0 aromatic heterocycles. The summed E-state index contributed by atoms with van der Waals surface area (Å²) in [4.78, 5) is 72.8. The molecule has 3 unspecified atom stereocenters. The van der Waals surface area contributed by atoms with Crippen molar-refractivity contribution in [2.45, 2.75) is 425 Å². The molecule has 17 nitrogen and oxygen atoms in total. The maximum Gasteiger partial charge on any atom is 0.472 e. The fourth-order valence-corrected chi connectivity index (χ4v) is 13.4. The maximum absolute atomic E-state index is 13.1. The van der Waals surface area contributed by atoms with Crippen LogP contribution in [-0.2, 0) is 65.4 Å². The highest BCUT2D eigenvalue weighted by Crippen LogP contribution is 2.45. The predicted octanol–water partition coefficient (Wildman–Crippen LogP) is 22.9. The molecule has 19 heteroatoms. The van der Waals surface area contributed by atoms with Gasteiger partial charge >= 0.3 is 39.5 Å². The van der Waals surface area contributed by atoms with Crippen LogP contribution in [0.4, 0.5) is 0 Å². The lowest BCUT2D eigenvalue weighted by Crippen LogP contribution is -2.30. The Bertz CT molecular complexity index is 1840. The van der Waals surface area contributed by atoms with Gasteiger partial charge in [-0.05, 0) is 31.6 Å². The van der Waals surface area contributed by atoms with E-state index in [-0.39, 0.29) is 25.7 Å². The van der Waals surface area contributed by atoms with Crippen LogP contribution < -0.4 is 0 Å². The molecule has 0 aromatic carbocycles. The Kier molecular flexibility index (Phi) is 68.7. The lowest BCUT2D eigenvalue weighted by atomic mass is 10.00. The summed E-state index contributed by atoms with van der Waals surface area (Å²) in [5, 5.41) is 10.6. The summed E-state index contributed by atoms with van der Waals surface area (Å²) in [6.45, 7) is 7.26. The molecular formula is C77H150O17P2. The van der Waals surface area contributed by atoms with E-state index < -0.39 is 97.5 Å². The van der Waals surface area contributed by atoms with Gasteiger partial charge in [0.15, 0.2) is 12.2 Å². The van der Waals surface area contributed by atoms with Crippen molar-refractivity contribution in [2.75, 3.05) is 39.6 Å². The van der Waals surface area contributed by atoms with E-state index in [0.29, 0.717) is 25.7 Å². The Morgan fingerprint density at radius 2 is 0.500 bits per heavy atom. The summed E-state index contributed by atoms with van der Waals surface area (Å²) in [5.74, 6) is -1.38. The standard InChI is InChI=1S/C77H150O17P2/c1-6-10-13-16-19-22-25-28-30-32-33-35-37-40-43-46-53-58-63-77(82)93-72(66-87-74(79)60-55-50-44-41-39-36-34-31-29-26-23-20-17-14-11-7-2)68-91-95(83,84)89-64-71(78)65-90-96(85,86)92-69-73(67-88-75(80)61-56-51-48-47-49-54-59-70(5)9-4)94-76(81)62-57-52-45-42-38-27-24-21-18-15-12-8-3/h70-73,78H,6-69H2,1-5H3,(H,83,84)(H,85,86)/t70?,71-,72-,73-/m1/s1. The van der Waals surface area contributed by atoms with Crippen molar-refractivity contribution >= 4 is 39.5 Å². The van der Waals surface area contributed by atoms with Crippen LogP contribution >= 0.6 is 15.6 Å². The van der Waals surface area contributed by atoms with E-state index in [1.54, 1.807) is 0 Å². The molecule has 0 saturated carbocycles. The van der Waals surface area contributed by atoms with Gasteiger partial charge < -0.3 is 33.8 Å². The first-order chi connectivity index (χ1) is 46.6. The number of phosphoric ester groups is 2. The van der Waals surface area contributed by atoms with Crippen LogP contribution in [0.5, 0.6) is 0 Å². The molecule has 0 heterocycles. The topological polar surface area (TPSA) is 237 Å². The second-order valence-corrected chi connectivity index (χ2v) is 30.9. The third-order valence-corrected chi connectivity index (χ3v) is 20.3. The fourth-order valence-electron chi connectivity index (χ4n) is 11.8. The fraction of sp³-hybridized carbons (Fsp3) is 0.948. The van der Waals surface area contributed by atoms with Gasteiger partial charge in [-0.1, -0.05) is 356 Å². The monoisotopic (exact) mass is 1410 g/mol. The Labute approximate surface area is 588 Å². The number of hydrogen-bond donors (Lipinski definition) is 3. The molecule has 0 aliphatic rings. The van der Waals surface area contributed by atoms with E-state index in [1.165, 1.54) is 225 Å². The van der Waals surface area contributed by atoms with Crippen molar-refractivity contribution in [1.82, 2.24) is 0 Å². The molecule has 0 aromatic rings. The Balaban J connectivity index is 5.24. The van der Waals surface area contributed by atoms with Gasteiger partial charge in [0.2, 0.25) is 0 Å². The third kappa shape index (κ3) is 69.2. The van der Waals surface area contributed by atoms with Crippen LogP contribution in [0.1, 0.15) is 407 Å². The molecule has 0 bridgehead atoms. The largest absolute Gasteiger partial charge is 0.472 e. The number of rotatable bonds is 77. The Hall–Kier alpha value is -1.94. The van der Waals surface area contributed by atoms with Crippen molar-refractivity contribution in [3.05, 3.63) is 0 Å². The third-order valence-electron chi connectivity index (χ3n) is 18.4. The number of aliphatic hydroxyl groups is 1. The van der Waals surface area contributed by atoms with E-state index in [9.17, 15) is 43.2 Å². The summed E-state index contributed by atoms with van der Waals surface area (Å²) in [5.41, 5.74) is 0. The van der Waals surface area contributed by atoms with E-state index in [4.69, 9.17) is 37.0 Å². The number of aliphatic hydroxyl groups excluding tert-OH is 1. The molecule has 0 rings (SSSR count). The molecule has 0 amide bonds. The van der Waals surface area contributed by atoms with Crippen molar-refractivity contribution in [3.8, 4) is 0 Å². The number of hydrogen-bond acceptors (Lipinski definition) is 15. The minimum Gasteiger partial charge on any atom is -0.462 e. The number of esters is 4. The first-order valence-electron chi connectivity index (χ1n) is 40.2. The molecular weight excluding hydrogens is 1260 g/mol. The average molecular weight is 1410 g/mol. The van der Waals surface area contributed by atoms with Gasteiger partial charge in [0.05, 0.1) is 26.4 Å². The zero-order valence-corrected chi connectivity index (χ0v) is 64.3. The number of unbranched alkanes of at least 4 members (excludes halogenated alkanes) is 48.